The van der Waals surface area contributed by atoms with Gasteiger partial charge in [-0.3, -0.25) is 9.69 Å². The van der Waals surface area contributed by atoms with Crippen LogP contribution in [0.1, 0.15) is 43.7 Å². The Morgan fingerprint density at radius 2 is 2.18 bits per heavy atom. The summed E-state index contributed by atoms with van der Waals surface area (Å²) in [5, 5.41) is 13.2. The van der Waals surface area contributed by atoms with Gasteiger partial charge in [-0.2, -0.15) is 0 Å². The molecule has 2 unspecified atom stereocenters. The van der Waals surface area contributed by atoms with E-state index in [2.05, 4.69) is 16.3 Å². The Balaban J connectivity index is 1.97. The van der Waals surface area contributed by atoms with Crippen molar-refractivity contribution in [3.8, 4) is 0 Å². The zero-order valence-electron chi connectivity index (χ0n) is 13.9. The summed E-state index contributed by atoms with van der Waals surface area (Å²) < 4.78 is 0. The minimum absolute atomic E-state index is 0.00200. The summed E-state index contributed by atoms with van der Waals surface area (Å²) in [6, 6.07) is 6.15. The van der Waals surface area contributed by atoms with Crippen LogP contribution in [0.2, 0.25) is 0 Å². The maximum Gasteiger partial charge on any atom is 0.238 e. The minimum Gasteiger partial charge on any atom is -0.392 e. The standard InChI is InChI=1S/C18H28N2O2/c1-4-17(21)16-7-5-6-10-20(16)12-18(22)19-15-9-8-13(2)11-14(15)3/h8-9,11,16-17,21H,4-7,10,12H2,1-3H3,(H,19,22). The van der Waals surface area contributed by atoms with Gasteiger partial charge in [-0.1, -0.05) is 31.0 Å². The van der Waals surface area contributed by atoms with E-state index in [-0.39, 0.29) is 18.1 Å². The summed E-state index contributed by atoms with van der Waals surface area (Å²) in [6.07, 6.45) is 3.61. The Morgan fingerprint density at radius 3 is 2.86 bits per heavy atom. The maximum absolute atomic E-state index is 12.3. The van der Waals surface area contributed by atoms with E-state index in [1.54, 1.807) is 0 Å². The topological polar surface area (TPSA) is 52.6 Å². The van der Waals surface area contributed by atoms with Crippen LogP contribution >= 0.6 is 0 Å². The van der Waals surface area contributed by atoms with E-state index in [0.29, 0.717) is 6.54 Å². The van der Waals surface area contributed by atoms with Crippen LogP contribution in [0.5, 0.6) is 0 Å². The van der Waals surface area contributed by atoms with Crippen molar-refractivity contribution in [2.24, 2.45) is 0 Å². The van der Waals surface area contributed by atoms with Gasteiger partial charge in [0.25, 0.3) is 0 Å². The molecular formula is C18H28N2O2. The smallest absolute Gasteiger partial charge is 0.238 e. The number of carbonyl (C=O) groups is 1. The highest BCUT2D eigenvalue weighted by Crippen LogP contribution is 2.21. The predicted octanol–water partition coefficient (Wildman–Crippen LogP) is 2.87. The van der Waals surface area contributed by atoms with Crippen LogP contribution in [0.15, 0.2) is 18.2 Å². The van der Waals surface area contributed by atoms with Gasteiger partial charge >= 0.3 is 0 Å². The van der Waals surface area contributed by atoms with Crippen molar-refractivity contribution in [2.75, 3.05) is 18.4 Å². The average Bonchev–Trinajstić information content (AvgIpc) is 2.50. The number of carbonyl (C=O) groups excluding carboxylic acids is 1. The van der Waals surface area contributed by atoms with Crippen LogP contribution in [0.4, 0.5) is 5.69 Å². The molecule has 0 saturated carbocycles. The molecule has 0 radical (unpaired) electrons. The zero-order chi connectivity index (χ0) is 16.1. The second-order valence-electron chi connectivity index (χ2n) is 6.38. The molecule has 1 amide bonds. The third kappa shape index (κ3) is 4.31. The Kier molecular flexibility index (Phi) is 5.98. The molecule has 22 heavy (non-hydrogen) atoms. The lowest BCUT2D eigenvalue weighted by atomic mass is 9.96. The van der Waals surface area contributed by atoms with Crippen LogP contribution in [0.3, 0.4) is 0 Å². The average molecular weight is 304 g/mol. The first-order valence-electron chi connectivity index (χ1n) is 8.30. The molecule has 0 spiro atoms. The SMILES string of the molecule is CCC(O)C1CCCCN1CC(=O)Nc1ccc(C)cc1C. The first-order valence-corrected chi connectivity index (χ1v) is 8.30. The molecule has 1 aromatic rings. The predicted molar refractivity (Wildman–Crippen MR) is 90.1 cm³/mol. The highest BCUT2D eigenvalue weighted by atomic mass is 16.3. The molecule has 4 heteroatoms. The molecule has 2 atom stereocenters. The molecule has 0 aliphatic carbocycles. The van der Waals surface area contributed by atoms with E-state index in [1.807, 2.05) is 32.9 Å². The number of likely N-dealkylation sites (tertiary alicyclic amines) is 1. The summed E-state index contributed by atoms with van der Waals surface area (Å²) in [7, 11) is 0. The maximum atomic E-state index is 12.3. The summed E-state index contributed by atoms with van der Waals surface area (Å²) in [6.45, 7) is 7.29. The summed E-state index contributed by atoms with van der Waals surface area (Å²) >= 11 is 0. The summed E-state index contributed by atoms with van der Waals surface area (Å²) in [4.78, 5) is 14.5. The van der Waals surface area contributed by atoms with Crippen molar-refractivity contribution in [1.82, 2.24) is 4.90 Å². The van der Waals surface area contributed by atoms with Gasteiger partial charge in [0.05, 0.1) is 12.6 Å². The van der Waals surface area contributed by atoms with E-state index < -0.39 is 0 Å². The second-order valence-corrected chi connectivity index (χ2v) is 6.38. The molecule has 0 bridgehead atoms. The van der Waals surface area contributed by atoms with Crippen molar-refractivity contribution in [2.45, 2.75) is 58.6 Å². The Morgan fingerprint density at radius 1 is 1.41 bits per heavy atom. The first-order chi connectivity index (χ1) is 10.5. The van der Waals surface area contributed by atoms with Crippen molar-refractivity contribution in [3.05, 3.63) is 29.3 Å². The summed E-state index contributed by atoms with van der Waals surface area (Å²) in [5.41, 5.74) is 3.15. The number of aliphatic hydroxyl groups excluding tert-OH is 1. The number of hydrogen-bond acceptors (Lipinski definition) is 3. The molecule has 2 N–H and O–H groups in total. The van der Waals surface area contributed by atoms with Crippen molar-refractivity contribution in [1.29, 1.82) is 0 Å². The number of rotatable bonds is 5. The molecule has 0 aromatic heterocycles. The highest BCUT2D eigenvalue weighted by Gasteiger charge is 2.29. The minimum atomic E-state index is -0.339. The number of benzene rings is 1. The number of piperidine rings is 1. The van der Waals surface area contributed by atoms with Crippen LogP contribution in [-0.4, -0.2) is 41.1 Å². The molecule has 1 heterocycles. The van der Waals surface area contributed by atoms with Gasteiger partial charge in [-0.15, -0.1) is 0 Å². The van der Waals surface area contributed by atoms with Crippen LogP contribution in [0, 0.1) is 13.8 Å². The zero-order valence-corrected chi connectivity index (χ0v) is 13.9. The number of nitrogens with zero attached hydrogens (tertiary/aromatic N) is 1. The fourth-order valence-electron chi connectivity index (χ4n) is 3.25. The number of hydrogen-bond donors (Lipinski definition) is 2. The third-order valence-electron chi connectivity index (χ3n) is 4.53. The normalized spacial score (nSPS) is 20.6. The molecule has 1 fully saturated rings. The highest BCUT2D eigenvalue weighted by molar-refractivity contribution is 5.93. The second kappa shape index (κ2) is 7.75. The number of amides is 1. The summed E-state index contributed by atoms with van der Waals surface area (Å²) in [5.74, 6) is 0.00200. The molecular weight excluding hydrogens is 276 g/mol. The lowest BCUT2D eigenvalue weighted by molar-refractivity contribution is -0.119. The lowest BCUT2D eigenvalue weighted by Crippen LogP contribution is -2.49. The number of aliphatic hydroxyl groups is 1. The molecule has 2 rings (SSSR count). The van der Waals surface area contributed by atoms with E-state index >= 15 is 0 Å². The Labute approximate surface area is 133 Å². The Hall–Kier alpha value is -1.39. The van der Waals surface area contributed by atoms with E-state index in [4.69, 9.17) is 0 Å². The van der Waals surface area contributed by atoms with E-state index in [1.165, 1.54) is 5.56 Å². The number of anilines is 1. The number of nitrogens with one attached hydrogen (secondary N) is 1. The van der Waals surface area contributed by atoms with Gasteiger partial charge in [0, 0.05) is 11.7 Å². The van der Waals surface area contributed by atoms with Gasteiger partial charge in [0.15, 0.2) is 0 Å². The van der Waals surface area contributed by atoms with Crippen LogP contribution in [-0.2, 0) is 4.79 Å². The molecule has 1 aliphatic heterocycles. The van der Waals surface area contributed by atoms with Gasteiger partial charge in [-0.05, 0) is 51.3 Å². The fraction of sp³-hybridized carbons (Fsp3) is 0.611. The van der Waals surface area contributed by atoms with Gasteiger partial charge in [-0.25, -0.2) is 0 Å². The monoisotopic (exact) mass is 304 g/mol. The van der Waals surface area contributed by atoms with Crippen molar-refractivity contribution < 1.29 is 9.90 Å². The fourth-order valence-corrected chi connectivity index (χ4v) is 3.25. The number of aryl methyl sites for hydroxylation is 2. The molecule has 4 nitrogen and oxygen atoms in total. The first kappa shape index (κ1) is 17.0. The lowest BCUT2D eigenvalue weighted by Gasteiger charge is -2.37. The van der Waals surface area contributed by atoms with Crippen molar-refractivity contribution in [3.63, 3.8) is 0 Å². The quantitative estimate of drug-likeness (QED) is 0.879. The van der Waals surface area contributed by atoms with Gasteiger partial charge in [0.1, 0.15) is 0 Å². The van der Waals surface area contributed by atoms with E-state index in [0.717, 1.165) is 43.5 Å². The van der Waals surface area contributed by atoms with E-state index in [9.17, 15) is 9.90 Å². The van der Waals surface area contributed by atoms with Gasteiger partial charge in [0.2, 0.25) is 5.91 Å². The third-order valence-corrected chi connectivity index (χ3v) is 4.53. The van der Waals surface area contributed by atoms with Crippen LogP contribution < -0.4 is 5.32 Å². The largest absolute Gasteiger partial charge is 0.392 e. The Bertz CT molecular complexity index is 516. The molecule has 122 valence electrons. The molecule has 1 aliphatic rings. The molecule has 1 saturated heterocycles. The van der Waals surface area contributed by atoms with Crippen molar-refractivity contribution >= 4 is 11.6 Å². The van der Waals surface area contributed by atoms with Gasteiger partial charge < -0.3 is 10.4 Å². The van der Waals surface area contributed by atoms with Crippen LogP contribution in [0.25, 0.3) is 0 Å². The molecule has 1 aromatic carbocycles.